The van der Waals surface area contributed by atoms with Gasteiger partial charge in [-0.3, -0.25) is 0 Å². The Morgan fingerprint density at radius 3 is 0.624 bits per heavy atom. The molecule has 0 saturated heterocycles. The maximum Gasteiger partial charge on any atom is 0.312 e. The zero-order valence-corrected chi connectivity index (χ0v) is 64.9. The molecule has 0 radical (unpaired) electrons. The van der Waals surface area contributed by atoms with Crippen molar-refractivity contribution in [2.45, 2.75) is 522 Å². The summed E-state index contributed by atoms with van der Waals surface area (Å²) in [6.07, 6.45) is 130. The largest absolute Gasteiger partial charge is 0.384 e. The van der Waals surface area contributed by atoms with E-state index in [9.17, 15) is 0 Å². The van der Waals surface area contributed by atoms with Gasteiger partial charge in [-0.05, 0) is 56.9 Å². The van der Waals surface area contributed by atoms with Crippen LogP contribution in [0.3, 0.4) is 0 Å². The third-order valence-electron chi connectivity index (χ3n) is 21.5. The first kappa shape index (κ1) is 89.6. The van der Waals surface area contributed by atoms with Gasteiger partial charge >= 0.3 is 6.85 Å². The lowest BCUT2D eigenvalue weighted by molar-refractivity contribution is 0.516. The minimum atomic E-state index is 0.322. The van der Waals surface area contributed by atoms with Gasteiger partial charge in [0.2, 0.25) is 0 Å². The van der Waals surface area contributed by atoms with Crippen molar-refractivity contribution < 1.29 is 0 Å². The van der Waals surface area contributed by atoms with E-state index in [1.165, 1.54) is 507 Å². The molecule has 0 aliphatic carbocycles. The molecule has 93 heavy (non-hydrogen) atoms. The molecule has 0 amide bonds. The summed E-state index contributed by atoms with van der Waals surface area (Å²) in [6.45, 7) is 7.28. The molecular weight excluding hydrogens is 1120 g/mol. The highest BCUT2D eigenvalue weighted by atomic mass is 15.0. The minimum Gasteiger partial charge on any atom is -0.384 e. The van der Waals surface area contributed by atoms with Gasteiger partial charge < -0.3 is 4.81 Å². The van der Waals surface area contributed by atoms with E-state index in [0.717, 1.165) is 0 Å². The summed E-state index contributed by atoms with van der Waals surface area (Å²) in [5, 5.41) is 0. The van der Waals surface area contributed by atoms with E-state index < -0.39 is 0 Å². The van der Waals surface area contributed by atoms with Crippen LogP contribution in [-0.4, -0.2) is 11.7 Å². The second kappa shape index (κ2) is 81.2. The van der Waals surface area contributed by atoms with Gasteiger partial charge in [0.15, 0.2) is 0 Å². The lowest BCUT2D eigenvalue weighted by Gasteiger charge is -2.28. The van der Waals surface area contributed by atoms with Crippen LogP contribution < -0.4 is 0 Å². The molecule has 0 unspecified atom stereocenters. The molecule has 1 heterocycles. The van der Waals surface area contributed by atoms with E-state index in [-0.39, 0.29) is 0 Å². The predicted octanol–water partition coefficient (Wildman–Crippen LogP) is 33.9. The highest BCUT2D eigenvalue weighted by molar-refractivity contribution is 6.67. The molecule has 0 aromatic heterocycles. The Kier molecular flexibility index (Phi) is 78.2. The average molecular weight is 1290 g/mol. The summed E-state index contributed by atoms with van der Waals surface area (Å²) in [5.41, 5.74) is 1.36. The molecule has 0 atom stereocenters. The zero-order valence-electron chi connectivity index (χ0n) is 64.9. The van der Waals surface area contributed by atoms with Crippen molar-refractivity contribution in [2.24, 2.45) is 0 Å². The number of hydrogen-bond acceptors (Lipinski definition) is 1. The lowest BCUT2D eigenvalue weighted by atomic mass is 9.58. The molecule has 1 rings (SSSR count). The maximum absolute atomic E-state index is 2.56. The number of nitrogens with zero attached hydrogens (tertiary/aromatic N) is 1. The highest BCUT2D eigenvalue weighted by Crippen LogP contribution is 2.23. The van der Waals surface area contributed by atoms with Crippen molar-refractivity contribution >= 4 is 6.85 Å². The van der Waals surface area contributed by atoms with Gasteiger partial charge in [-0.15, -0.1) is 0 Å². The number of allylic oxidation sites excluding steroid dienone is 6. The summed E-state index contributed by atoms with van der Waals surface area (Å²) in [6, 6.07) is 0. The quantitative estimate of drug-likeness (QED) is 0.0433. The van der Waals surface area contributed by atoms with Crippen LogP contribution in [0.4, 0.5) is 0 Å². The topological polar surface area (TPSA) is 3.24 Å². The van der Waals surface area contributed by atoms with Crippen LogP contribution in [0, 0.1) is 0 Å². The van der Waals surface area contributed by atoms with Crippen molar-refractivity contribution in [1.82, 2.24) is 4.81 Å². The van der Waals surface area contributed by atoms with Gasteiger partial charge in [0.05, 0.1) is 0 Å². The molecule has 0 N–H and O–H groups in total. The molecule has 0 bridgehead atoms. The van der Waals surface area contributed by atoms with E-state index >= 15 is 0 Å². The van der Waals surface area contributed by atoms with Gasteiger partial charge in [-0.1, -0.05) is 519 Å². The normalized spacial score (nSPS) is 12.9. The van der Waals surface area contributed by atoms with Crippen LogP contribution in [0.1, 0.15) is 522 Å². The van der Waals surface area contributed by atoms with Crippen LogP contribution in [0.25, 0.3) is 0 Å². The van der Waals surface area contributed by atoms with Crippen molar-refractivity contribution in [1.29, 1.82) is 0 Å². The zero-order chi connectivity index (χ0) is 66.3. The summed E-state index contributed by atoms with van der Waals surface area (Å²) in [4.78, 5) is 2.56. The standard InChI is InChI=1S/C91H174BN/c1-4-7-10-13-16-19-22-25-28-31-34-37-40-43-46-49-52-55-58-61-64-67-70-73-76-79-82-86-91-87-85-89-92(88-83-80-77-74-71-68-65-62-59-56-53-50-47-44-41-38-35-32-29-26-23-20-17-14-11-8-5-2)93(91)90-84-81-78-75-72-69-66-63-60-57-54-51-48-45-42-39-36-33-30-27-24-21-18-15-12-9-6-3/h82-90H,4-81H2,1-3H3/b86-82+,88-83+,90-84+. The van der Waals surface area contributed by atoms with Gasteiger partial charge in [-0.25, -0.2) is 0 Å². The Morgan fingerprint density at radius 2 is 0.409 bits per heavy atom. The van der Waals surface area contributed by atoms with E-state index in [0.29, 0.717) is 6.85 Å². The fourth-order valence-electron chi connectivity index (χ4n) is 14.9. The van der Waals surface area contributed by atoms with E-state index in [1.54, 1.807) is 0 Å². The van der Waals surface area contributed by atoms with Gasteiger partial charge in [-0.2, -0.15) is 0 Å². The Hall–Kier alpha value is -1.44. The van der Waals surface area contributed by atoms with E-state index in [2.05, 4.69) is 80.2 Å². The van der Waals surface area contributed by atoms with Crippen molar-refractivity contribution in [3.05, 3.63) is 60.3 Å². The summed E-state index contributed by atoms with van der Waals surface area (Å²) < 4.78 is 0. The molecule has 1 aliphatic heterocycles. The van der Waals surface area contributed by atoms with Gasteiger partial charge in [0.1, 0.15) is 0 Å². The molecule has 2 heteroatoms. The van der Waals surface area contributed by atoms with E-state index in [4.69, 9.17) is 0 Å². The van der Waals surface area contributed by atoms with E-state index in [1.807, 2.05) is 0 Å². The number of hydrogen-bond donors (Lipinski definition) is 0. The average Bonchev–Trinajstić information content (AvgIpc) is 3.10. The van der Waals surface area contributed by atoms with Crippen LogP contribution in [0.5, 0.6) is 0 Å². The molecule has 0 fully saturated rings. The fraction of sp³-hybridized carbons (Fsp3) is 0.890. The first-order valence-corrected chi connectivity index (χ1v) is 44.5. The molecule has 1 nitrogen and oxygen atoms in total. The molecule has 1 aliphatic rings. The molecule has 0 aromatic rings. The lowest BCUT2D eigenvalue weighted by Crippen LogP contribution is -2.33. The number of unbranched alkanes of at least 4 members (excludes halogenated alkanes) is 75. The molecule has 546 valence electrons. The van der Waals surface area contributed by atoms with Crippen molar-refractivity contribution in [2.75, 3.05) is 0 Å². The highest BCUT2D eigenvalue weighted by Gasteiger charge is 2.19. The van der Waals surface area contributed by atoms with Crippen LogP contribution in [0.2, 0.25) is 0 Å². The third kappa shape index (κ3) is 71.7. The minimum absolute atomic E-state index is 0.322. The first-order chi connectivity index (χ1) is 46.3. The SMILES string of the molecule is CCCCCCCCCCCCCCCCCCCCCCCCCCC/C=C/B1C=CC=C(/C=C/CCCCCCCCCCCCCCCCCCCCCCCCCCC)N1/C=C/CCCCCCCCCCCCCCCCCCCCCCCCCCC. The summed E-state index contributed by atoms with van der Waals surface area (Å²) in [7, 11) is 0. The monoisotopic (exact) mass is 1290 g/mol. The second-order valence-corrected chi connectivity index (χ2v) is 30.9. The smallest absolute Gasteiger partial charge is 0.312 e. The molecule has 0 saturated carbocycles. The second-order valence-electron chi connectivity index (χ2n) is 30.9. The Morgan fingerprint density at radius 1 is 0.226 bits per heavy atom. The third-order valence-corrected chi connectivity index (χ3v) is 21.5. The molecule has 0 spiro atoms. The molecule has 0 aromatic carbocycles. The van der Waals surface area contributed by atoms with Crippen LogP contribution in [0.15, 0.2) is 60.3 Å². The summed E-state index contributed by atoms with van der Waals surface area (Å²) >= 11 is 0. The Bertz CT molecular complexity index is 1520. The van der Waals surface area contributed by atoms with Gasteiger partial charge in [0, 0.05) is 5.70 Å². The number of rotatable bonds is 81. The fourth-order valence-corrected chi connectivity index (χ4v) is 14.9. The van der Waals surface area contributed by atoms with Crippen molar-refractivity contribution in [3.63, 3.8) is 0 Å². The Labute approximate surface area is 590 Å². The maximum atomic E-state index is 2.56. The van der Waals surface area contributed by atoms with Gasteiger partial charge in [0.25, 0.3) is 0 Å². The van der Waals surface area contributed by atoms with Crippen LogP contribution in [-0.2, 0) is 0 Å². The first-order valence-electron chi connectivity index (χ1n) is 44.5. The van der Waals surface area contributed by atoms with Crippen LogP contribution >= 0.6 is 0 Å². The summed E-state index contributed by atoms with van der Waals surface area (Å²) in [5.74, 6) is 4.92. The Balaban J connectivity index is 2.25. The molecular formula is C91H174BN. The predicted molar refractivity (Wildman–Crippen MR) is 429 cm³/mol. The van der Waals surface area contributed by atoms with Crippen molar-refractivity contribution in [3.8, 4) is 0 Å².